The Balaban J connectivity index is 0.000000310. The van der Waals surface area contributed by atoms with Crippen LogP contribution in [0, 0.1) is 17.8 Å². The van der Waals surface area contributed by atoms with E-state index in [0.29, 0.717) is 76.9 Å². The van der Waals surface area contributed by atoms with Crippen LogP contribution in [0.25, 0.3) is 0 Å². The minimum Gasteiger partial charge on any atom is -0.478 e. The predicted octanol–water partition coefficient (Wildman–Crippen LogP) is 16.7. The Bertz CT molecular complexity index is 3670. The number of carbonyl (C=O) groups is 3. The Morgan fingerprint density at radius 1 is 0.527 bits per heavy atom. The van der Waals surface area contributed by atoms with Crippen molar-refractivity contribution in [2.45, 2.75) is 90.4 Å². The van der Waals surface area contributed by atoms with Crippen molar-refractivity contribution in [2.75, 3.05) is 36.7 Å². The maximum Gasteiger partial charge on any atom is 0.522 e. The molecule has 3 atom stereocenters. The molecule has 0 amide bonds. The van der Waals surface area contributed by atoms with Gasteiger partial charge in [0.1, 0.15) is 41.2 Å². The highest BCUT2D eigenvalue weighted by molar-refractivity contribution is 7.88. The van der Waals surface area contributed by atoms with E-state index in [1.807, 2.05) is 0 Å². The number of benzene rings is 3. The van der Waals surface area contributed by atoms with Gasteiger partial charge in [0.2, 0.25) is 46.9 Å². The van der Waals surface area contributed by atoms with Crippen LogP contribution in [0.5, 0.6) is 0 Å². The summed E-state index contributed by atoms with van der Waals surface area (Å²) in [5, 5.41) is 41.1. The maximum absolute atomic E-state index is 13.8. The number of alkyl halides is 9. The predicted molar refractivity (Wildman–Crippen MR) is 321 cm³/mol. The van der Waals surface area contributed by atoms with Crippen molar-refractivity contribution in [2.24, 2.45) is 0 Å². The number of nitrogens with one attached hydrogen (secondary N) is 3. The Kier molecular flexibility index (Phi) is 28.7. The second-order valence-electron chi connectivity index (χ2n) is 20.1. The largest absolute Gasteiger partial charge is 0.522 e. The van der Waals surface area contributed by atoms with Crippen LogP contribution < -0.4 is 16.0 Å². The minimum absolute atomic E-state index is 0.0639. The second-order valence-corrected chi connectivity index (χ2v) is 28.8. The number of esters is 1. The van der Waals surface area contributed by atoms with Gasteiger partial charge in [-0.3, -0.25) is 0 Å². The number of rotatable bonds is 8. The summed E-state index contributed by atoms with van der Waals surface area (Å²) in [6.45, 7) is 9.13. The van der Waals surface area contributed by atoms with Crippen molar-refractivity contribution in [3.05, 3.63) is 171 Å². The lowest BCUT2D eigenvalue weighted by Gasteiger charge is -2.31. The molecule has 9 rings (SSSR count). The average Bonchev–Trinajstić information content (AvgIpc) is 1.75. The first-order valence-electron chi connectivity index (χ1n) is 25.1. The molecule has 0 saturated carbocycles. The normalized spacial score (nSPS) is 15.7. The molecule has 3 aromatic carbocycles. The van der Waals surface area contributed by atoms with E-state index in [1.54, 1.807) is 96.1 Å². The van der Waals surface area contributed by atoms with E-state index >= 15 is 0 Å². The Hall–Kier alpha value is -6.65. The summed E-state index contributed by atoms with van der Waals surface area (Å²) in [4.78, 5) is 36.1. The van der Waals surface area contributed by atoms with Crippen molar-refractivity contribution >= 4 is 123 Å². The first-order chi connectivity index (χ1) is 42.0. The third kappa shape index (κ3) is 21.5. The molecule has 500 valence electrons. The van der Waals surface area contributed by atoms with Gasteiger partial charge in [0.15, 0.2) is 0 Å². The van der Waals surface area contributed by atoms with Gasteiger partial charge >= 0.3 is 33.5 Å². The fourth-order valence-electron chi connectivity index (χ4n) is 8.22. The van der Waals surface area contributed by atoms with Crippen LogP contribution in [0.15, 0.2) is 107 Å². The van der Waals surface area contributed by atoms with Gasteiger partial charge in [-0.15, -0.1) is 15.3 Å². The van der Waals surface area contributed by atoms with E-state index in [4.69, 9.17) is 74.3 Å². The lowest BCUT2D eigenvalue weighted by Crippen LogP contribution is -2.36. The quantitative estimate of drug-likeness (QED) is 0.0413. The standard InChI is InChI=1S/C18H18Cl2FN3O2.2C14H10Cl2FN3O2.C4H9F3O3SSi.3CH2F2/c1-9-15(17(25)26-18(2,3)4)16(10-5-6-11(19)12(20)7-10)24-14(22-9)8-13(21)23-24;2*1-6-12(14(21)22)13(7-2-3-8(15)9(16)4-7)20-11(18-6)5-10(17)19-20;1-12(2,3)10-11(8,9)4(5,6)7;3*2-1-3/h5-8,16,22H,1-4H3;2*2-5,13,18H,1H3,(H,21,22);1-3H3;3*1H2. The number of carboxylic acids is 2. The molecule has 3 unspecified atom stereocenters. The minimum atomic E-state index is -5.39. The number of fused-ring (bicyclic) bond motifs is 3. The molecule has 6 heterocycles. The molecular formula is C53H53Cl6F12N9O9SSi. The number of ether oxygens (including phenoxy) is 1. The van der Waals surface area contributed by atoms with Gasteiger partial charge < -0.3 is 34.8 Å². The number of halogens is 18. The van der Waals surface area contributed by atoms with Crippen LogP contribution in [-0.2, 0) is 33.1 Å². The Labute approximate surface area is 542 Å². The van der Waals surface area contributed by atoms with Gasteiger partial charge in [0.05, 0.1) is 46.9 Å². The van der Waals surface area contributed by atoms with Crippen LogP contribution in [0.1, 0.15) is 76.4 Å². The van der Waals surface area contributed by atoms with Crippen LogP contribution in [0.3, 0.4) is 0 Å². The molecular weight excluding hydrogens is 1410 g/mol. The highest BCUT2D eigenvalue weighted by Crippen LogP contribution is 2.42. The topological polar surface area (TPSA) is 234 Å². The molecule has 0 spiro atoms. The van der Waals surface area contributed by atoms with Crippen molar-refractivity contribution in [3.63, 3.8) is 0 Å². The smallest absolute Gasteiger partial charge is 0.478 e. The van der Waals surface area contributed by atoms with Gasteiger partial charge in [-0.05, 0) is 114 Å². The SMILES string of the molecule is CC1=C(C(=O)O)C(c2ccc(Cl)c(Cl)c2)n2nc(F)cc2N1.CC1=C(C(=O)O)C(c2ccc(Cl)c(Cl)c2)n2nc(F)cc2N1.CC1=C(C(=O)OC(C)(C)C)C(c2ccc(Cl)c(Cl)c2)n2nc(F)cc2N1.C[Si](C)(C)OS(=O)(=O)C(F)(F)F.FCF.FCF.FCF. The second kappa shape index (κ2) is 33.3. The van der Waals surface area contributed by atoms with Crippen molar-refractivity contribution in [1.82, 2.24) is 29.3 Å². The Morgan fingerprint density at radius 3 is 1.01 bits per heavy atom. The molecule has 3 aliphatic heterocycles. The number of hydrogen-bond acceptors (Lipinski definition) is 13. The van der Waals surface area contributed by atoms with Crippen LogP contribution >= 0.6 is 69.6 Å². The number of carboxylic acid groups (broad SMARTS) is 2. The molecule has 91 heavy (non-hydrogen) atoms. The highest BCUT2D eigenvalue weighted by atomic mass is 35.5. The molecule has 0 bridgehead atoms. The first kappa shape index (κ1) is 78.6. The molecule has 38 heteroatoms. The summed E-state index contributed by atoms with van der Waals surface area (Å²) in [5.74, 6) is -3.64. The monoisotopic (exact) mass is 1460 g/mol. The van der Waals surface area contributed by atoms with Crippen molar-refractivity contribution in [1.29, 1.82) is 0 Å². The van der Waals surface area contributed by atoms with Gasteiger partial charge in [-0.25, -0.2) is 54.8 Å². The van der Waals surface area contributed by atoms with Crippen molar-refractivity contribution in [3.8, 4) is 0 Å². The molecule has 18 nitrogen and oxygen atoms in total. The zero-order valence-corrected chi connectivity index (χ0v) is 54.8. The van der Waals surface area contributed by atoms with Crippen LogP contribution in [0.4, 0.5) is 70.1 Å². The van der Waals surface area contributed by atoms with Gasteiger partial charge in [-0.1, -0.05) is 87.8 Å². The van der Waals surface area contributed by atoms with E-state index in [1.165, 1.54) is 51.9 Å². The number of anilines is 3. The number of aliphatic carboxylic acids is 2. The number of allylic oxidation sites excluding steroid dienone is 3. The van der Waals surface area contributed by atoms with Gasteiger partial charge in [-0.2, -0.15) is 34.8 Å². The zero-order valence-electron chi connectivity index (χ0n) is 48.4. The highest BCUT2D eigenvalue weighted by Gasteiger charge is 2.49. The number of hydrogen-bond donors (Lipinski definition) is 5. The fraction of sp³-hybridized carbons (Fsp3) is 0.321. The third-order valence-electron chi connectivity index (χ3n) is 11.3. The molecule has 5 N–H and O–H groups in total. The van der Waals surface area contributed by atoms with Gasteiger partial charge in [0.25, 0.3) is 0 Å². The summed E-state index contributed by atoms with van der Waals surface area (Å²) in [6.07, 6.45) is 0. The molecule has 0 saturated heterocycles. The lowest BCUT2D eigenvalue weighted by molar-refractivity contribution is -0.150. The molecule has 6 aromatic rings. The summed E-state index contributed by atoms with van der Waals surface area (Å²) in [5.41, 5.74) is -2.40. The maximum atomic E-state index is 13.8. The van der Waals surface area contributed by atoms with Crippen LogP contribution in [-0.4, -0.2) is 106 Å². The summed E-state index contributed by atoms with van der Waals surface area (Å²) < 4.78 is 168. The average molecular weight is 1460 g/mol. The molecule has 0 fully saturated rings. The van der Waals surface area contributed by atoms with E-state index in [-0.39, 0.29) is 21.2 Å². The van der Waals surface area contributed by atoms with E-state index in [9.17, 15) is 85.7 Å². The van der Waals surface area contributed by atoms with Crippen molar-refractivity contribution < 1.29 is 94.3 Å². The Morgan fingerprint density at radius 2 is 0.791 bits per heavy atom. The van der Waals surface area contributed by atoms with E-state index in [0.717, 1.165) is 0 Å². The lowest BCUT2D eigenvalue weighted by atomic mass is 9.95. The summed E-state index contributed by atoms with van der Waals surface area (Å²) in [6, 6.07) is 15.9. The number of nitrogens with zero attached hydrogens (tertiary/aromatic N) is 6. The fourth-order valence-corrected chi connectivity index (χ4v) is 12.2. The van der Waals surface area contributed by atoms with E-state index in [2.05, 4.69) is 35.1 Å². The van der Waals surface area contributed by atoms with Crippen LogP contribution in [0.2, 0.25) is 49.8 Å². The molecule has 0 aliphatic carbocycles. The summed E-state index contributed by atoms with van der Waals surface area (Å²) in [7, 11) is -8.10. The molecule has 3 aromatic heterocycles. The molecule has 0 radical (unpaired) electrons. The number of carbonyl (C=O) groups excluding carboxylic acids is 1. The first-order valence-corrected chi connectivity index (χ1v) is 32.2. The van der Waals surface area contributed by atoms with E-state index < -0.39 is 104 Å². The third-order valence-corrected chi connectivity index (χ3v) is 17.0. The number of aromatic nitrogens is 6. The zero-order chi connectivity index (χ0) is 69.6. The summed E-state index contributed by atoms with van der Waals surface area (Å²) >= 11 is 36.0. The van der Waals surface area contributed by atoms with Gasteiger partial charge in [0, 0.05) is 35.3 Å². The molecule has 3 aliphatic rings.